The van der Waals surface area contributed by atoms with Gasteiger partial charge in [0.1, 0.15) is 12.3 Å². The quantitative estimate of drug-likeness (QED) is 0.627. The van der Waals surface area contributed by atoms with Crippen LogP contribution in [0.1, 0.15) is 11.4 Å². The summed E-state index contributed by atoms with van der Waals surface area (Å²) in [5.74, 6) is 1.17. The van der Waals surface area contributed by atoms with E-state index in [1.54, 1.807) is 4.57 Å². The second-order valence-electron chi connectivity index (χ2n) is 5.67. The van der Waals surface area contributed by atoms with Crippen LogP contribution in [-0.4, -0.2) is 29.7 Å². The Balaban J connectivity index is 1.86. The minimum atomic E-state index is -0.147. The van der Waals surface area contributed by atoms with Gasteiger partial charge in [0, 0.05) is 12.4 Å². The molecule has 4 aromatic rings. The zero-order chi connectivity index (χ0) is 16.5. The van der Waals surface area contributed by atoms with Gasteiger partial charge in [-0.15, -0.1) is 10.2 Å². The van der Waals surface area contributed by atoms with E-state index in [0.29, 0.717) is 18.2 Å². The third-order valence-electron chi connectivity index (χ3n) is 4.15. The first-order valence-corrected chi connectivity index (χ1v) is 7.77. The first-order chi connectivity index (χ1) is 11.8. The first kappa shape index (κ1) is 14.6. The standard InChI is InChI=1S/C18H17N5O/c1-22-16(12-24)19-20-18(22)17-14-9-5-6-10-15(14)23(21-17)11-13-7-3-2-4-8-13/h2-10,24H,11-12H2,1H3. The van der Waals surface area contributed by atoms with Gasteiger partial charge in [-0.05, 0) is 11.6 Å². The van der Waals surface area contributed by atoms with E-state index in [-0.39, 0.29) is 6.61 Å². The Bertz CT molecular complexity index is 987. The molecule has 0 fully saturated rings. The molecule has 4 rings (SSSR count). The van der Waals surface area contributed by atoms with Crippen molar-refractivity contribution in [2.75, 3.05) is 0 Å². The van der Waals surface area contributed by atoms with Gasteiger partial charge in [0.25, 0.3) is 0 Å². The lowest BCUT2D eigenvalue weighted by Gasteiger charge is -2.03. The molecule has 0 radical (unpaired) electrons. The fourth-order valence-corrected chi connectivity index (χ4v) is 2.87. The van der Waals surface area contributed by atoms with Crippen molar-refractivity contribution in [2.24, 2.45) is 7.05 Å². The minimum absolute atomic E-state index is 0.147. The smallest absolute Gasteiger partial charge is 0.184 e. The Morgan fingerprint density at radius 2 is 1.71 bits per heavy atom. The molecule has 2 heterocycles. The van der Waals surface area contributed by atoms with Crippen molar-refractivity contribution < 1.29 is 5.11 Å². The number of aliphatic hydroxyl groups is 1. The van der Waals surface area contributed by atoms with Crippen LogP contribution in [0.4, 0.5) is 0 Å². The van der Waals surface area contributed by atoms with Gasteiger partial charge in [0.15, 0.2) is 11.6 Å². The fourth-order valence-electron chi connectivity index (χ4n) is 2.87. The molecule has 6 nitrogen and oxygen atoms in total. The van der Waals surface area contributed by atoms with Crippen molar-refractivity contribution in [3.05, 3.63) is 66.0 Å². The van der Waals surface area contributed by atoms with Crippen LogP contribution in [0.2, 0.25) is 0 Å². The van der Waals surface area contributed by atoms with E-state index >= 15 is 0 Å². The molecule has 0 spiro atoms. The molecule has 0 aliphatic rings. The van der Waals surface area contributed by atoms with Crippen LogP contribution in [0.3, 0.4) is 0 Å². The van der Waals surface area contributed by atoms with Crippen LogP contribution in [0.15, 0.2) is 54.6 Å². The summed E-state index contributed by atoms with van der Waals surface area (Å²) < 4.78 is 3.76. The average Bonchev–Trinajstić information content (AvgIpc) is 3.16. The van der Waals surface area contributed by atoms with Crippen LogP contribution in [0, 0.1) is 0 Å². The van der Waals surface area contributed by atoms with Crippen molar-refractivity contribution in [2.45, 2.75) is 13.2 Å². The molecule has 0 saturated heterocycles. The molecule has 0 unspecified atom stereocenters. The average molecular weight is 319 g/mol. The van der Waals surface area contributed by atoms with Gasteiger partial charge in [-0.2, -0.15) is 5.10 Å². The topological polar surface area (TPSA) is 68.8 Å². The van der Waals surface area contributed by atoms with Gasteiger partial charge in [-0.3, -0.25) is 4.68 Å². The fraction of sp³-hybridized carbons (Fsp3) is 0.167. The minimum Gasteiger partial charge on any atom is -0.388 e. The lowest BCUT2D eigenvalue weighted by atomic mass is 10.2. The van der Waals surface area contributed by atoms with Crippen molar-refractivity contribution in [3.8, 4) is 11.5 Å². The summed E-state index contributed by atoms with van der Waals surface area (Å²) in [6.07, 6.45) is 0. The Morgan fingerprint density at radius 1 is 0.958 bits per heavy atom. The Morgan fingerprint density at radius 3 is 2.46 bits per heavy atom. The van der Waals surface area contributed by atoms with Crippen LogP contribution >= 0.6 is 0 Å². The lowest BCUT2D eigenvalue weighted by molar-refractivity contribution is 0.267. The zero-order valence-corrected chi connectivity index (χ0v) is 13.3. The van der Waals surface area contributed by atoms with Crippen LogP contribution < -0.4 is 0 Å². The number of aliphatic hydroxyl groups excluding tert-OH is 1. The van der Waals surface area contributed by atoms with Crippen LogP contribution in [0.25, 0.3) is 22.4 Å². The van der Waals surface area contributed by atoms with E-state index in [0.717, 1.165) is 16.6 Å². The highest BCUT2D eigenvalue weighted by Gasteiger charge is 2.18. The van der Waals surface area contributed by atoms with Gasteiger partial charge in [0.2, 0.25) is 0 Å². The molecule has 0 atom stereocenters. The van der Waals surface area contributed by atoms with E-state index in [2.05, 4.69) is 28.4 Å². The summed E-state index contributed by atoms with van der Waals surface area (Å²) in [4.78, 5) is 0. The maximum Gasteiger partial charge on any atom is 0.184 e. The monoisotopic (exact) mass is 319 g/mol. The second-order valence-corrected chi connectivity index (χ2v) is 5.67. The number of fused-ring (bicyclic) bond motifs is 1. The summed E-state index contributed by atoms with van der Waals surface area (Å²) >= 11 is 0. The van der Waals surface area contributed by atoms with Crippen molar-refractivity contribution in [1.82, 2.24) is 24.5 Å². The van der Waals surface area contributed by atoms with Crippen LogP contribution in [0.5, 0.6) is 0 Å². The lowest BCUT2D eigenvalue weighted by Crippen LogP contribution is -2.03. The predicted molar refractivity (Wildman–Crippen MR) is 91.2 cm³/mol. The van der Waals surface area contributed by atoms with Crippen LogP contribution in [-0.2, 0) is 20.2 Å². The van der Waals surface area contributed by atoms with Gasteiger partial charge in [-0.25, -0.2) is 0 Å². The summed E-state index contributed by atoms with van der Waals surface area (Å²) in [6, 6.07) is 18.3. The molecule has 24 heavy (non-hydrogen) atoms. The maximum atomic E-state index is 9.34. The molecule has 6 heteroatoms. The van der Waals surface area contributed by atoms with E-state index < -0.39 is 0 Å². The Kier molecular flexibility index (Phi) is 3.59. The van der Waals surface area contributed by atoms with Crippen molar-refractivity contribution in [1.29, 1.82) is 0 Å². The number of benzene rings is 2. The third kappa shape index (κ3) is 2.37. The van der Waals surface area contributed by atoms with E-state index in [1.165, 1.54) is 5.56 Å². The molecule has 2 aromatic heterocycles. The molecule has 0 aliphatic carbocycles. The summed E-state index contributed by atoms with van der Waals surface area (Å²) in [6.45, 7) is 0.540. The summed E-state index contributed by atoms with van der Waals surface area (Å²) in [5, 5.41) is 23.4. The van der Waals surface area contributed by atoms with Gasteiger partial charge < -0.3 is 9.67 Å². The molecule has 0 saturated carbocycles. The molecule has 0 bridgehead atoms. The first-order valence-electron chi connectivity index (χ1n) is 7.77. The number of rotatable bonds is 4. The van der Waals surface area contributed by atoms with Gasteiger partial charge >= 0.3 is 0 Å². The summed E-state index contributed by atoms with van der Waals surface area (Å²) in [7, 11) is 1.84. The number of hydrogen-bond acceptors (Lipinski definition) is 4. The van der Waals surface area contributed by atoms with Gasteiger partial charge in [0.05, 0.1) is 12.1 Å². The molecule has 0 aliphatic heterocycles. The molecular weight excluding hydrogens is 302 g/mol. The highest BCUT2D eigenvalue weighted by atomic mass is 16.3. The molecule has 120 valence electrons. The Hall–Kier alpha value is -2.99. The number of aromatic nitrogens is 5. The SMILES string of the molecule is Cn1c(CO)nnc1-c1nn(Cc2ccccc2)c2ccccc12. The van der Waals surface area contributed by atoms with Gasteiger partial charge in [-0.1, -0.05) is 48.5 Å². The zero-order valence-electron chi connectivity index (χ0n) is 13.3. The van der Waals surface area contributed by atoms with Crippen molar-refractivity contribution >= 4 is 10.9 Å². The van der Waals surface area contributed by atoms with E-state index in [4.69, 9.17) is 5.10 Å². The molecular formula is C18H17N5O. The molecule has 2 aromatic carbocycles. The number of hydrogen-bond donors (Lipinski definition) is 1. The molecule has 0 amide bonds. The third-order valence-corrected chi connectivity index (χ3v) is 4.15. The van der Waals surface area contributed by atoms with E-state index in [9.17, 15) is 5.11 Å². The maximum absolute atomic E-state index is 9.34. The Labute approximate surface area is 139 Å². The normalized spacial score (nSPS) is 11.2. The number of para-hydroxylation sites is 1. The highest BCUT2D eigenvalue weighted by Crippen LogP contribution is 2.27. The molecule has 1 N–H and O–H groups in total. The highest BCUT2D eigenvalue weighted by molar-refractivity contribution is 5.91. The van der Waals surface area contributed by atoms with E-state index in [1.807, 2.05) is 48.1 Å². The largest absolute Gasteiger partial charge is 0.388 e. The second kappa shape index (κ2) is 5.90. The summed E-state index contributed by atoms with van der Waals surface area (Å²) in [5.41, 5.74) is 3.01. The number of nitrogens with zero attached hydrogens (tertiary/aromatic N) is 5. The van der Waals surface area contributed by atoms with Crippen molar-refractivity contribution in [3.63, 3.8) is 0 Å². The predicted octanol–water partition coefficient (Wildman–Crippen LogP) is 2.37.